The molecule has 4 aliphatic rings. The number of hydrogen-bond donors (Lipinski definition) is 0. The molecule has 6 heterocycles. The maximum atomic E-state index is 7.00. The van der Waals surface area contributed by atoms with Gasteiger partial charge < -0.3 is 18.6 Å². The molecule has 0 spiro atoms. The average molecular weight is 727 g/mol. The molecule has 6 aromatic carbocycles. The summed E-state index contributed by atoms with van der Waals surface area (Å²) in [7, 11) is 0. The van der Waals surface area contributed by atoms with Crippen molar-refractivity contribution in [3.8, 4) is 34.4 Å². The lowest BCUT2D eigenvalue weighted by atomic mass is 9.34. The van der Waals surface area contributed by atoms with Crippen molar-refractivity contribution >= 4 is 79.0 Å². The Morgan fingerprint density at radius 1 is 0.393 bits per heavy atom. The van der Waals surface area contributed by atoms with Gasteiger partial charge in [-0.25, -0.2) is 0 Å². The van der Waals surface area contributed by atoms with Gasteiger partial charge in [-0.05, 0) is 115 Å². The third kappa shape index (κ3) is 4.02. The van der Waals surface area contributed by atoms with Crippen LogP contribution in [0, 0.1) is 0 Å². The molecule has 0 aliphatic carbocycles. The highest BCUT2D eigenvalue weighted by Gasteiger charge is 2.45. The summed E-state index contributed by atoms with van der Waals surface area (Å²) < 4.78 is 19.2. The number of fused-ring (bicyclic) bond motifs is 13. The molecule has 2 aromatic heterocycles. The van der Waals surface area contributed by atoms with Crippen LogP contribution in [-0.2, 0) is 0 Å². The molecule has 8 aromatic rings. The summed E-state index contributed by atoms with van der Waals surface area (Å²) in [5, 5.41) is 2.57. The van der Waals surface area contributed by atoms with Gasteiger partial charge in [-0.15, -0.1) is 0 Å². The Morgan fingerprint density at radius 2 is 0.786 bits per heavy atom. The molecule has 4 aliphatic heterocycles. The van der Waals surface area contributed by atoms with Crippen LogP contribution in [0.3, 0.4) is 0 Å². The summed E-state index contributed by atoms with van der Waals surface area (Å²) in [6.07, 6.45) is 0. The standard InChI is InChI=1S/C50H44B2N2O2/c1-25(2)29-15-17-35-41(21-29)55-43-23-31(27(5)6)19-39-45(43)51(35)37-13-9-11-33-47(37)53(39)50-34-12-10-14-38-48(34)54(49(33)50)40-20-32(28(7)8)24-44-46(40)52(38)36-18-16-30(26(3)4)22-42(36)56-44/h9-28H,1-8H3. The maximum Gasteiger partial charge on any atom is 0.256 e. The molecule has 0 amide bonds. The van der Waals surface area contributed by atoms with Crippen molar-refractivity contribution in [1.29, 1.82) is 0 Å². The van der Waals surface area contributed by atoms with E-state index in [-0.39, 0.29) is 13.4 Å². The lowest BCUT2D eigenvalue weighted by molar-refractivity contribution is 0.484. The van der Waals surface area contributed by atoms with Crippen molar-refractivity contribution in [2.45, 2.75) is 79.1 Å². The Morgan fingerprint density at radius 3 is 1.18 bits per heavy atom. The summed E-state index contributed by atoms with van der Waals surface area (Å²) in [5.41, 5.74) is 20.5. The number of nitrogens with zero attached hydrogens (tertiary/aromatic N) is 2. The molecule has 56 heavy (non-hydrogen) atoms. The molecule has 272 valence electrons. The van der Waals surface area contributed by atoms with E-state index in [2.05, 4.69) is 162 Å². The topological polar surface area (TPSA) is 28.3 Å². The second-order valence-corrected chi connectivity index (χ2v) is 18.0. The van der Waals surface area contributed by atoms with Crippen molar-refractivity contribution < 1.29 is 9.47 Å². The number of rotatable bonds is 4. The molecule has 0 unspecified atom stereocenters. The lowest BCUT2D eigenvalue weighted by Gasteiger charge is -2.35. The summed E-state index contributed by atoms with van der Waals surface area (Å²) >= 11 is 0. The monoisotopic (exact) mass is 726 g/mol. The zero-order valence-electron chi connectivity index (χ0n) is 33.4. The maximum absolute atomic E-state index is 7.00. The highest BCUT2D eigenvalue weighted by molar-refractivity contribution is 7.00. The Bertz CT molecular complexity index is 2860. The van der Waals surface area contributed by atoms with Gasteiger partial charge in [0.1, 0.15) is 23.0 Å². The molecule has 0 N–H and O–H groups in total. The fraction of sp³-hybridized carbons (Fsp3) is 0.240. The largest absolute Gasteiger partial charge is 0.458 e. The van der Waals surface area contributed by atoms with Crippen LogP contribution < -0.4 is 42.3 Å². The molecule has 6 heteroatoms. The Hall–Kier alpha value is -5.61. The van der Waals surface area contributed by atoms with Crippen LogP contribution in [0.5, 0.6) is 23.0 Å². The molecule has 0 saturated heterocycles. The fourth-order valence-electron chi connectivity index (χ4n) is 10.6. The van der Waals surface area contributed by atoms with E-state index in [1.807, 2.05) is 0 Å². The van der Waals surface area contributed by atoms with Gasteiger partial charge in [-0.1, -0.05) is 116 Å². The van der Waals surface area contributed by atoms with Crippen LogP contribution in [0.2, 0.25) is 0 Å². The summed E-state index contributed by atoms with van der Waals surface area (Å²) in [6.45, 7) is 18.4. The Kier molecular flexibility index (Phi) is 6.42. The Balaban J connectivity index is 1.24. The first-order valence-corrected chi connectivity index (χ1v) is 20.7. The van der Waals surface area contributed by atoms with Gasteiger partial charge >= 0.3 is 0 Å². The molecule has 0 fully saturated rings. The quantitative estimate of drug-likeness (QED) is 0.170. The van der Waals surface area contributed by atoms with Crippen molar-refractivity contribution in [2.75, 3.05) is 0 Å². The van der Waals surface area contributed by atoms with Gasteiger partial charge in [0.25, 0.3) is 13.4 Å². The van der Waals surface area contributed by atoms with Crippen LogP contribution >= 0.6 is 0 Å². The number of ether oxygens (including phenoxy) is 2. The lowest BCUT2D eigenvalue weighted by Crippen LogP contribution is -2.58. The van der Waals surface area contributed by atoms with E-state index in [0.717, 1.165) is 23.0 Å². The molecule has 4 nitrogen and oxygen atoms in total. The molecular formula is C50H44B2N2O2. The smallest absolute Gasteiger partial charge is 0.256 e. The Labute approximate surface area is 329 Å². The van der Waals surface area contributed by atoms with Gasteiger partial charge in [0, 0.05) is 22.1 Å². The van der Waals surface area contributed by atoms with Gasteiger partial charge in [-0.2, -0.15) is 0 Å². The minimum atomic E-state index is 0.0756. The SMILES string of the molecule is CC(C)c1ccc2c(c1)Oc1cc(C(C)C)cc3c1B2c1cccc2c1n-3c1c3cccc4c3n(c21)-c1cc(C(C)C)cc2c1B4c1ccc(C(C)C)cc1O2. The molecular weight excluding hydrogens is 682 g/mol. The van der Waals surface area contributed by atoms with Crippen molar-refractivity contribution in [3.05, 3.63) is 119 Å². The van der Waals surface area contributed by atoms with E-state index in [4.69, 9.17) is 9.47 Å². The minimum absolute atomic E-state index is 0.0756. The van der Waals surface area contributed by atoms with E-state index >= 15 is 0 Å². The van der Waals surface area contributed by atoms with E-state index in [0.29, 0.717) is 23.7 Å². The predicted molar refractivity (Wildman–Crippen MR) is 236 cm³/mol. The van der Waals surface area contributed by atoms with Gasteiger partial charge in [0.2, 0.25) is 0 Å². The van der Waals surface area contributed by atoms with Crippen molar-refractivity contribution in [3.63, 3.8) is 0 Å². The molecule has 0 saturated carbocycles. The number of aromatic nitrogens is 2. The zero-order valence-corrected chi connectivity index (χ0v) is 33.4. The second-order valence-electron chi connectivity index (χ2n) is 18.0. The summed E-state index contributed by atoms with van der Waals surface area (Å²) in [6, 6.07) is 37.5. The third-order valence-electron chi connectivity index (χ3n) is 13.5. The van der Waals surface area contributed by atoms with Gasteiger partial charge in [0.05, 0.1) is 22.1 Å². The summed E-state index contributed by atoms with van der Waals surface area (Å²) in [4.78, 5) is 0. The average Bonchev–Trinajstić information content (AvgIpc) is 3.71. The molecule has 0 atom stereocenters. The first-order chi connectivity index (χ1) is 27.1. The van der Waals surface area contributed by atoms with E-state index in [1.54, 1.807) is 0 Å². The van der Waals surface area contributed by atoms with E-state index in [9.17, 15) is 0 Å². The molecule has 12 rings (SSSR count). The number of hydrogen-bond acceptors (Lipinski definition) is 2. The number of para-hydroxylation sites is 2. The zero-order chi connectivity index (χ0) is 38.0. The first-order valence-electron chi connectivity index (χ1n) is 20.7. The van der Waals surface area contributed by atoms with Gasteiger partial charge in [0.15, 0.2) is 0 Å². The van der Waals surface area contributed by atoms with Crippen LogP contribution in [0.4, 0.5) is 0 Å². The number of benzene rings is 6. The first kappa shape index (κ1) is 32.6. The van der Waals surface area contributed by atoms with E-state index < -0.39 is 0 Å². The normalized spacial score (nSPS) is 14.2. The van der Waals surface area contributed by atoms with Crippen LogP contribution in [0.1, 0.15) is 101 Å². The summed E-state index contributed by atoms with van der Waals surface area (Å²) in [5.74, 6) is 5.47. The van der Waals surface area contributed by atoms with Gasteiger partial charge in [-0.3, -0.25) is 0 Å². The molecule has 0 bridgehead atoms. The highest BCUT2D eigenvalue weighted by atomic mass is 16.5. The molecule has 0 radical (unpaired) electrons. The predicted octanol–water partition coefficient (Wildman–Crippen LogP) is 9.09. The van der Waals surface area contributed by atoms with Crippen LogP contribution in [0.25, 0.3) is 44.2 Å². The van der Waals surface area contributed by atoms with Crippen LogP contribution in [-0.4, -0.2) is 22.6 Å². The van der Waals surface area contributed by atoms with E-state index in [1.165, 1.54) is 99.2 Å². The van der Waals surface area contributed by atoms with Crippen molar-refractivity contribution in [2.24, 2.45) is 0 Å². The van der Waals surface area contributed by atoms with Crippen molar-refractivity contribution in [1.82, 2.24) is 9.13 Å². The van der Waals surface area contributed by atoms with Crippen LogP contribution in [0.15, 0.2) is 97.1 Å². The third-order valence-corrected chi connectivity index (χ3v) is 13.5. The second kappa shape index (κ2) is 11.0. The minimum Gasteiger partial charge on any atom is -0.458 e. The fourth-order valence-corrected chi connectivity index (χ4v) is 10.6. The highest BCUT2D eigenvalue weighted by Crippen LogP contribution is 2.46.